The van der Waals surface area contributed by atoms with Crippen molar-refractivity contribution in [3.8, 4) is 11.5 Å². The number of aromatic nitrogens is 6. The first-order valence-electron chi connectivity index (χ1n) is 23.4. The third-order valence-electron chi connectivity index (χ3n) is 13.3. The summed E-state index contributed by atoms with van der Waals surface area (Å²) in [7, 11) is 0. The van der Waals surface area contributed by atoms with Crippen molar-refractivity contribution in [3.05, 3.63) is 95.8 Å². The minimum Gasteiger partial charge on any atom is -0.490 e. The third kappa shape index (κ3) is 10.3. The lowest BCUT2D eigenvalue weighted by Gasteiger charge is -2.40. The van der Waals surface area contributed by atoms with E-state index in [2.05, 4.69) is 50.4 Å². The van der Waals surface area contributed by atoms with Gasteiger partial charge in [-0.1, -0.05) is 0 Å². The van der Waals surface area contributed by atoms with Gasteiger partial charge in [-0.2, -0.15) is 10.2 Å². The van der Waals surface area contributed by atoms with Crippen LogP contribution in [0.25, 0.3) is 11.3 Å². The van der Waals surface area contributed by atoms with Crippen LogP contribution in [0.5, 0.6) is 11.5 Å². The third-order valence-corrected chi connectivity index (χ3v) is 13.3. The molecule has 22 heteroatoms. The average Bonchev–Trinajstić information content (AvgIpc) is 4.00. The fourth-order valence-electron chi connectivity index (χ4n) is 9.47. The van der Waals surface area contributed by atoms with Gasteiger partial charge in [0.2, 0.25) is 0 Å². The van der Waals surface area contributed by atoms with Crippen LogP contribution < -0.4 is 29.9 Å². The number of rotatable bonds is 12. The highest BCUT2D eigenvalue weighted by Gasteiger charge is 2.34. The van der Waals surface area contributed by atoms with E-state index in [4.69, 9.17) is 9.47 Å². The first kappa shape index (κ1) is 48.5. The minimum absolute atomic E-state index is 0.0991. The van der Waals surface area contributed by atoms with Crippen molar-refractivity contribution < 1.29 is 49.7 Å². The van der Waals surface area contributed by atoms with Gasteiger partial charge < -0.3 is 60.5 Å². The Bertz CT molecular complexity index is 2620. The van der Waals surface area contributed by atoms with Crippen LogP contribution in [-0.2, 0) is 12.8 Å². The highest BCUT2D eigenvalue weighted by Crippen LogP contribution is 2.41. The molecule has 2 aromatic carbocycles. The molecule has 10 rings (SSSR count). The number of nitrogens with zero attached hydrogens (tertiary/aromatic N) is 10. The van der Waals surface area contributed by atoms with Crippen LogP contribution in [0.1, 0.15) is 45.7 Å². The second-order valence-corrected chi connectivity index (χ2v) is 18.8. The molecule has 4 aliphatic rings. The quantitative estimate of drug-likeness (QED) is 0.0819. The number of benzene rings is 2. The van der Waals surface area contributed by atoms with Gasteiger partial charge in [-0.15, -0.1) is 0 Å². The van der Waals surface area contributed by atoms with E-state index in [1.807, 2.05) is 24.3 Å². The van der Waals surface area contributed by atoms with Crippen LogP contribution in [0.2, 0.25) is 0 Å². The number of aliphatic hydroxyl groups excluding tert-OH is 4. The van der Waals surface area contributed by atoms with Crippen LogP contribution >= 0.6 is 0 Å². The number of carbonyl (C=O) groups is 2. The molecular formula is C48H60N12O10. The van der Waals surface area contributed by atoms with E-state index in [9.17, 15) is 40.2 Å². The van der Waals surface area contributed by atoms with Gasteiger partial charge in [0.15, 0.2) is 11.3 Å². The molecule has 0 saturated carbocycles. The summed E-state index contributed by atoms with van der Waals surface area (Å²) in [6.07, 6.45) is 10.5. The summed E-state index contributed by atoms with van der Waals surface area (Å²) in [5, 5.41) is 73.7. The number of carbonyl (C=O) groups excluding carboxylic acids is 2. The number of nitrogens with one attached hydrogen (secondary N) is 2. The lowest BCUT2D eigenvalue weighted by atomic mass is 9.93. The van der Waals surface area contributed by atoms with Crippen LogP contribution in [0.3, 0.4) is 0 Å². The van der Waals surface area contributed by atoms with Gasteiger partial charge in [0.05, 0.1) is 84.9 Å². The molecule has 70 heavy (non-hydrogen) atoms. The van der Waals surface area contributed by atoms with Crippen LogP contribution in [0.4, 0.5) is 22.7 Å². The van der Waals surface area contributed by atoms with Gasteiger partial charge in [0.1, 0.15) is 35.8 Å². The van der Waals surface area contributed by atoms with E-state index in [0.717, 1.165) is 22.5 Å². The van der Waals surface area contributed by atoms with Crippen molar-refractivity contribution in [1.29, 1.82) is 0 Å². The summed E-state index contributed by atoms with van der Waals surface area (Å²) in [6.45, 7) is 8.66. The van der Waals surface area contributed by atoms with Crippen LogP contribution in [-0.4, -0.2) is 197 Å². The van der Waals surface area contributed by atoms with E-state index < -0.39 is 11.2 Å². The number of anilines is 4. The minimum atomic E-state index is -0.989. The molecule has 0 aliphatic carbocycles. The lowest BCUT2D eigenvalue weighted by Crippen LogP contribution is -2.52. The standard InChI is InChI=1S/2C24H30N6O5/c2*1-24(34)11-16-9-19(27-23(33)18-12-26-30-4-2-3-25-22(18)30)20(10-21(16)35-15-24)29-7-5-28(6-8-29)17(13-31)14-32/h2*2-4,9-10,12,17,31-32,34H,5-8,11,13-15H2,1H3,(H,27,33)/t2*24-/m10/s1. The van der Waals surface area contributed by atoms with Gasteiger partial charge in [0, 0.05) is 102 Å². The Morgan fingerprint density at radius 1 is 0.614 bits per heavy atom. The Balaban J connectivity index is 0.000000174. The van der Waals surface area contributed by atoms with E-state index in [1.165, 1.54) is 12.4 Å². The summed E-state index contributed by atoms with van der Waals surface area (Å²) in [5.41, 5.74) is 4.14. The van der Waals surface area contributed by atoms with Crippen molar-refractivity contribution in [1.82, 2.24) is 39.0 Å². The zero-order chi connectivity index (χ0) is 49.2. The molecular weight excluding hydrogens is 905 g/mol. The van der Waals surface area contributed by atoms with Gasteiger partial charge in [-0.25, -0.2) is 19.0 Å². The Kier molecular flexibility index (Phi) is 14.2. The highest BCUT2D eigenvalue weighted by molar-refractivity contribution is 6.10. The monoisotopic (exact) mass is 964 g/mol. The largest absolute Gasteiger partial charge is 0.490 e. The van der Waals surface area contributed by atoms with E-state index in [1.54, 1.807) is 59.8 Å². The fraction of sp³-hybridized carbons (Fsp3) is 0.458. The molecule has 6 aromatic rings. The number of amides is 2. The normalized spacial score (nSPS) is 20.7. The van der Waals surface area contributed by atoms with Crippen LogP contribution in [0, 0.1) is 0 Å². The van der Waals surface area contributed by atoms with Crippen molar-refractivity contribution in [2.24, 2.45) is 0 Å². The van der Waals surface area contributed by atoms with Crippen molar-refractivity contribution >= 4 is 45.9 Å². The van der Waals surface area contributed by atoms with Gasteiger partial charge in [-0.3, -0.25) is 19.4 Å². The van der Waals surface area contributed by atoms with E-state index in [0.29, 0.717) is 110 Å². The fourth-order valence-corrected chi connectivity index (χ4v) is 9.47. The predicted molar refractivity (Wildman–Crippen MR) is 258 cm³/mol. The molecule has 0 radical (unpaired) electrons. The van der Waals surface area contributed by atoms with Crippen molar-refractivity contribution in [3.63, 3.8) is 0 Å². The number of ether oxygens (including phenoxy) is 2. The van der Waals surface area contributed by atoms with E-state index in [-0.39, 0.29) is 63.5 Å². The van der Waals surface area contributed by atoms with Gasteiger partial charge in [-0.05, 0) is 49.2 Å². The number of hydrogen-bond acceptors (Lipinski definition) is 18. The molecule has 4 aromatic heterocycles. The SMILES string of the molecule is C[C@@]1(O)COc2cc(N3CCN(C(CO)CO)CC3)c(NC(=O)c3cnn4cccnc34)cc2C1.C[C@]1(O)COc2cc(N3CCN(C(CO)CO)CC3)c(NC(=O)c3cnn4cccnc34)cc2C1. The summed E-state index contributed by atoms with van der Waals surface area (Å²) in [6, 6.07) is 10.5. The molecule has 2 fully saturated rings. The average molecular weight is 965 g/mol. The van der Waals surface area contributed by atoms with Gasteiger partial charge >= 0.3 is 0 Å². The van der Waals surface area contributed by atoms with E-state index >= 15 is 0 Å². The predicted octanol–water partition coefficient (Wildman–Crippen LogP) is 0.285. The van der Waals surface area contributed by atoms with Crippen molar-refractivity contribution in [2.75, 3.05) is 112 Å². The van der Waals surface area contributed by atoms with Crippen molar-refractivity contribution in [2.45, 2.75) is 50.0 Å². The lowest BCUT2D eigenvalue weighted by molar-refractivity contribution is -0.000829. The topological polar surface area (TPSA) is 271 Å². The summed E-state index contributed by atoms with van der Waals surface area (Å²) in [5.74, 6) is 0.715. The molecule has 4 aliphatic heterocycles. The molecule has 2 amide bonds. The molecule has 8 heterocycles. The maximum atomic E-state index is 13.3. The number of aliphatic hydroxyl groups is 6. The zero-order valence-corrected chi connectivity index (χ0v) is 39.2. The first-order valence-corrected chi connectivity index (χ1v) is 23.4. The number of piperazine rings is 2. The molecule has 0 bridgehead atoms. The van der Waals surface area contributed by atoms with Gasteiger partial charge in [0.25, 0.3) is 11.8 Å². The summed E-state index contributed by atoms with van der Waals surface area (Å²) < 4.78 is 14.8. The Morgan fingerprint density at radius 2 is 1.00 bits per heavy atom. The zero-order valence-electron chi connectivity index (χ0n) is 39.2. The second-order valence-electron chi connectivity index (χ2n) is 18.8. The highest BCUT2D eigenvalue weighted by atomic mass is 16.5. The second kappa shape index (κ2) is 20.5. The molecule has 2 atom stereocenters. The number of hydrogen-bond donors (Lipinski definition) is 8. The maximum Gasteiger partial charge on any atom is 0.261 e. The molecule has 0 spiro atoms. The molecule has 372 valence electrons. The van der Waals surface area contributed by atoms with Crippen LogP contribution in [0.15, 0.2) is 73.6 Å². The summed E-state index contributed by atoms with van der Waals surface area (Å²) in [4.78, 5) is 43.5. The Hall–Kier alpha value is -6.50. The smallest absolute Gasteiger partial charge is 0.261 e. The molecule has 8 N–H and O–H groups in total. The molecule has 0 unspecified atom stereocenters. The first-order chi connectivity index (χ1) is 33.8. The molecule has 22 nitrogen and oxygen atoms in total. The molecule has 2 saturated heterocycles. The Morgan fingerprint density at radius 3 is 1.37 bits per heavy atom. The summed E-state index contributed by atoms with van der Waals surface area (Å²) >= 11 is 0. The maximum absolute atomic E-state index is 13.3. The number of fused-ring (bicyclic) bond motifs is 4. The Labute approximate surface area is 403 Å².